The summed E-state index contributed by atoms with van der Waals surface area (Å²) in [6, 6.07) is 18.6. The highest BCUT2D eigenvalue weighted by molar-refractivity contribution is 9.09. The van der Waals surface area contributed by atoms with Crippen LogP contribution in [0.3, 0.4) is 0 Å². The Morgan fingerprint density at radius 2 is 1.63 bits per heavy atom. The fourth-order valence-corrected chi connectivity index (χ4v) is 3.24. The highest BCUT2D eigenvalue weighted by atomic mass is 79.9. The molecule has 2 aromatic carbocycles. The SMILES string of the molecule is CN(C/C=N/N(C)c1ccccc1)c1ccccc1NCCCCCCBr. The Morgan fingerprint density at radius 3 is 2.41 bits per heavy atom. The third-order valence-electron chi connectivity index (χ3n) is 4.43. The van der Waals surface area contributed by atoms with E-state index in [1.54, 1.807) is 0 Å². The molecule has 0 radical (unpaired) electrons. The lowest BCUT2D eigenvalue weighted by atomic mass is 10.2. The topological polar surface area (TPSA) is 30.9 Å². The molecule has 146 valence electrons. The molecule has 0 fully saturated rings. The first-order valence-electron chi connectivity index (χ1n) is 9.63. The number of halogens is 1. The number of para-hydroxylation sites is 3. The van der Waals surface area contributed by atoms with Gasteiger partial charge in [0.15, 0.2) is 0 Å². The molecule has 0 spiro atoms. The van der Waals surface area contributed by atoms with Gasteiger partial charge in [-0.05, 0) is 37.1 Å². The number of unbranched alkanes of at least 4 members (excludes halogenated alkanes) is 3. The Morgan fingerprint density at radius 1 is 0.926 bits per heavy atom. The predicted molar refractivity (Wildman–Crippen MR) is 124 cm³/mol. The van der Waals surface area contributed by atoms with Gasteiger partial charge in [0.05, 0.1) is 23.6 Å². The number of benzene rings is 2. The van der Waals surface area contributed by atoms with Crippen molar-refractivity contribution in [3.05, 3.63) is 54.6 Å². The van der Waals surface area contributed by atoms with Crippen LogP contribution in [0.25, 0.3) is 0 Å². The van der Waals surface area contributed by atoms with Crippen LogP contribution in [0.4, 0.5) is 17.1 Å². The first-order chi connectivity index (χ1) is 13.2. The molecule has 0 unspecified atom stereocenters. The molecule has 2 rings (SSSR count). The maximum Gasteiger partial charge on any atom is 0.0602 e. The zero-order valence-corrected chi connectivity index (χ0v) is 18.0. The first-order valence-corrected chi connectivity index (χ1v) is 10.8. The van der Waals surface area contributed by atoms with Crippen molar-refractivity contribution >= 4 is 39.2 Å². The Labute approximate surface area is 172 Å². The summed E-state index contributed by atoms with van der Waals surface area (Å²) in [5.74, 6) is 0. The van der Waals surface area contributed by atoms with Crippen LogP contribution in [-0.2, 0) is 0 Å². The van der Waals surface area contributed by atoms with Gasteiger partial charge in [0.25, 0.3) is 0 Å². The zero-order chi connectivity index (χ0) is 19.3. The van der Waals surface area contributed by atoms with E-state index < -0.39 is 0 Å². The summed E-state index contributed by atoms with van der Waals surface area (Å²) in [4.78, 5) is 2.22. The molecule has 0 heterocycles. The maximum absolute atomic E-state index is 4.54. The van der Waals surface area contributed by atoms with Crippen molar-refractivity contribution in [1.29, 1.82) is 0 Å². The minimum Gasteiger partial charge on any atom is -0.383 e. The number of hydrogen-bond acceptors (Lipinski definition) is 4. The second kappa shape index (κ2) is 12.4. The normalized spacial score (nSPS) is 10.9. The second-order valence-electron chi connectivity index (χ2n) is 6.58. The van der Waals surface area contributed by atoms with Crippen LogP contribution >= 0.6 is 15.9 Å². The highest BCUT2D eigenvalue weighted by Crippen LogP contribution is 2.24. The van der Waals surface area contributed by atoms with Gasteiger partial charge in [0.2, 0.25) is 0 Å². The lowest BCUT2D eigenvalue weighted by Gasteiger charge is -2.22. The van der Waals surface area contributed by atoms with Crippen LogP contribution in [0, 0.1) is 0 Å². The molecule has 2 aromatic rings. The fraction of sp³-hybridized carbons (Fsp3) is 0.409. The number of hydrogen-bond donors (Lipinski definition) is 1. The Balaban J connectivity index is 1.84. The summed E-state index contributed by atoms with van der Waals surface area (Å²) in [5.41, 5.74) is 3.47. The Kier molecular flexibility index (Phi) is 9.77. The van der Waals surface area contributed by atoms with E-state index in [9.17, 15) is 0 Å². The van der Waals surface area contributed by atoms with Crippen molar-refractivity contribution in [2.24, 2.45) is 5.10 Å². The summed E-state index contributed by atoms with van der Waals surface area (Å²) in [6.07, 6.45) is 6.98. The number of anilines is 3. The van der Waals surface area contributed by atoms with Gasteiger partial charge in [0, 0.05) is 32.2 Å². The number of rotatable bonds is 12. The Bertz CT molecular complexity index is 675. The second-order valence-corrected chi connectivity index (χ2v) is 7.38. The quantitative estimate of drug-likeness (QED) is 0.205. The van der Waals surface area contributed by atoms with Crippen molar-refractivity contribution in [3.63, 3.8) is 0 Å². The first kappa shape index (κ1) is 21.3. The molecule has 0 saturated carbocycles. The van der Waals surface area contributed by atoms with Crippen LogP contribution in [-0.4, -0.2) is 38.7 Å². The van der Waals surface area contributed by atoms with E-state index in [4.69, 9.17) is 0 Å². The van der Waals surface area contributed by atoms with Crippen LogP contribution in [0.2, 0.25) is 0 Å². The van der Waals surface area contributed by atoms with Crippen molar-refractivity contribution in [1.82, 2.24) is 0 Å². The molecule has 0 amide bonds. The molecule has 0 saturated heterocycles. The molecule has 0 aliphatic carbocycles. The molecule has 0 aliphatic rings. The summed E-state index contributed by atoms with van der Waals surface area (Å²) in [5, 5.41) is 11.1. The average Bonchev–Trinajstić information content (AvgIpc) is 2.71. The lowest BCUT2D eigenvalue weighted by molar-refractivity contribution is 0.690. The zero-order valence-electron chi connectivity index (χ0n) is 16.4. The smallest absolute Gasteiger partial charge is 0.0602 e. The van der Waals surface area contributed by atoms with Gasteiger partial charge in [-0.25, -0.2) is 0 Å². The van der Waals surface area contributed by atoms with Crippen molar-refractivity contribution in [2.45, 2.75) is 25.7 Å². The standard InChI is InChI=1S/C22H31BrN4/c1-26(19-18-25-27(2)20-12-6-5-7-13-20)22-15-9-8-14-21(22)24-17-11-4-3-10-16-23/h5-9,12-15,18,24H,3-4,10-11,16-17,19H2,1-2H3/b25-18+. The number of hydrazone groups is 1. The van der Waals surface area contributed by atoms with E-state index in [2.05, 4.69) is 74.7 Å². The van der Waals surface area contributed by atoms with E-state index >= 15 is 0 Å². The van der Waals surface area contributed by atoms with Gasteiger partial charge in [0.1, 0.15) is 0 Å². The number of alkyl halides is 1. The average molecular weight is 431 g/mol. The number of nitrogens with zero attached hydrogens (tertiary/aromatic N) is 3. The van der Waals surface area contributed by atoms with Gasteiger partial charge < -0.3 is 10.2 Å². The summed E-state index contributed by atoms with van der Waals surface area (Å²) in [7, 11) is 4.07. The van der Waals surface area contributed by atoms with E-state index in [1.807, 2.05) is 36.5 Å². The fourth-order valence-electron chi connectivity index (χ4n) is 2.84. The van der Waals surface area contributed by atoms with Crippen LogP contribution in [0.1, 0.15) is 25.7 Å². The van der Waals surface area contributed by atoms with E-state index in [0.29, 0.717) is 0 Å². The summed E-state index contributed by atoms with van der Waals surface area (Å²) in [6.45, 7) is 1.76. The Hall–Kier alpha value is -2.01. The molecule has 5 heteroatoms. The molecule has 27 heavy (non-hydrogen) atoms. The van der Waals surface area contributed by atoms with E-state index in [0.717, 1.165) is 24.1 Å². The largest absolute Gasteiger partial charge is 0.383 e. The molecule has 0 atom stereocenters. The van der Waals surface area contributed by atoms with Gasteiger partial charge in [-0.1, -0.05) is 59.1 Å². The third kappa shape index (κ3) is 7.63. The molecular formula is C22H31BrN4. The van der Waals surface area contributed by atoms with Crippen molar-refractivity contribution in [3.8, 4) is 0 Å². The van der Waals surface area contributed by atoms with E-state index in [-0.39, 0.29) is 0 Å². The minimum absolute atomic E-state index is 0.751. The predicted octanol–water partition coefficient (Wildman–Crippen LogP) is 5.61. The van der Waals surface area contributed by atoms with Crippen LogP contribution in [0.5, 0.6) is 0 Å². The summed E-state index contributed by atoms with van der Waals surface area (Å²) < 4.78 is 0. The number of nitrogens with one attached hydrogen (secondary N) is 1. The highest BCUT2D eigenvalue weighted by Gasteiger charge is 2.05. The molecule has 1 N–H and O–H groups in total. The minimum atomic E-state index is 0.751. The van der Waals surface area contributed by atoms with Crippen molar-refractivity contribution in [2.75, 3.05) is 47.7 Å². The molecule has 0 aliphatic heterocycles. The van der Waals surface area contributed by atoms with Gasteiger partial charge >= 0.3 is 0 Å². The van der Waals surface area contributed by atoms with Crippen LogP contribution in [0.15, 0.2) is 59.7 Å². The monoisotopic (exact) mass is 430 g/mol. The molecule has 0 bridgehead atoms. The third-order valence-corrected chi connectivity index (χ3v) is 4.99. The van der Waals surface area contributed by atoms with E-state index in [1.165, 1.54) is 37.1 Å². The van der Waals surface area contributed by atoms with Gasteiger partial charge in [-0.3, -0.25) is 5.01 Å². The lowest BCUT2D eigenvalue weighted by Crippen LogP contribution is -2.22. The van der Waals surface area contributed by atoms with Gasteiger partial charge in [-0.2, -0.15) is 5.10 Å². The summed E-state index contributed by atoms with van der Waals surface area (Å²) >= 11 is 3.49. The van der Waals surface area contributed by atoms with Gasteiger partial charge in [-0.15, -0.1) is 0 Å². The molecular weight excluding hydrogens is 400 g/mol. The van der Waals surface area contributed by atoms with Crippen molar-refractivity contribution < 1.29 is 0 Å². The maximum atomic E-state index is 4.54. The molecule has 4 nitrogen and oxygen atoms in total. The molecule has 0 aromatic heterocycles. The van der Waals surface area contributed by atoms with Crippen LogP contribution < -0.4 is 15.2 Å².